The maximum Gasteiger partial charge on any atom is 0.264 e. The number of hydrogen-bond acceptors (Lipinski definition) is 5. The Hall–Kier alpha value is -3.37. The molecule has 0 fully saturated rings. The summed E-state index contributed by atoms with van der Waals surface area (Å²) >= 11 is 3.42. The lowest BCUT2D eigenvalue weighted by atomic mass is 10.1. The van der Waals surface area contributed by atoms with Crippen LogP contribution in [0.25, 0.3) is 0 Å². The van der Waals surface area contributed by atoms with E-state index in [1.807, 2.05) is 38.1 Å². The zero-order valence-corrected chi connectivity index (χ0v) is 25.4. The SMILES string of the molecule is CCCCNC(=O)[C@@H](C)N(Cc1ccc(Br)cc1)C(=O)CN(c1ccc(OCC)cc1)S(=O)(=O)c1ccccc1. The quantitative estimate of drug-likeness (QED) is 0.242. The van der Waals surface area contributed by atoms with Gasteiger partial charge in [0.2, 0.25) is 11.8 Å². The number of nitrogens with zero attached hydrogens (tertiary/aromatic N) is 2. The number of sulfonamides is 1. The summed E-state index contributed by atoms with van der Waals surface area (Å²) in [5, 5.41) is 2.89. The minimum Gasteiger partial charge on any atom is -0.494 e. The second-order valence-electron chi connectivity index (χ2n) is 9.22. The van der Waals surface area contributed by atoms with Crippen molar-refractivity contribution < 1.29 is 22.7 Å². The Balaban J connectivity index is 1.98. The van der Waals surface area contributed by atoms with Crippen LogP contribution in [0.5, 0.6) is 5.75 Å². The number of halogens is 1. The van der Waals surface area contributed by atoms with E-state index in [0.29, 0.717) is 24.6 Å². The van der Waals surface area contributed by atoms with E-state index in [1.54, 1.807) is 49.4 Å². The Labute approximate surface area is 245 Å². The van der Waals surface area contributed by atoms with Gasteiger partial charge in [-0.05, 0) is 74.4 Å². The van der Waals surface area contributed by atoms with Gasteiger partial charge in [-0.3, -0.25) is 13.9 Å². The summed E-state index contributed by atoms with van der Waals surface area (Å²) in [7, 11) is -4.11. The van der Waals surface area contributed by atoms with Crippen LogP contribution in [-0.4, -0.2) is 50.9 Å². The van der Waals surface area contributed by atoms with E-state index in [0.717, 1.165) is 27.2 Å². The Morgan fingerprint density at radius 2 is 1.60 bits per heavy atom. The number of hydrogen-bond donors (Lipinski definition) is 1. The summed E-state index contributed by atoms with van der Waals surface area (Å²) in [5.74, 6) is -0.212. The number of amides is 2. The topological polar surface area (TPSA) is 96.0 Å². The Bertz CT molecular complexity index is 1350. The first-order chi connectivity index (χ1) is 19.2. The average molecular weight is 631 g/mol. The van der Waals surface area contributed by atoms with Crippen molar-refractivity contribution in [2.45, 2.75) is 51.1 Å². The number of unbranched alkanes of at least 4 members (excludes halogenated alkanes) is 1. The van der Waals surface area contributed by atoms with Crippen molar-refractivity contribution >= 4 is 43.5 Å². The van der Waals surface area contributed by atoms with Crippen molar-refractivity contribution in [1.82, 2.24) is 10.2 Å². The van der Waals surface area contributed by atoms with Gasteiger partial charge in [-0.2, -0.15) is 0 Å². The van der Waals surface area contributed by atoms with Crippen molar-refractivity contribution in [3.05, 3.63) is 88.9 Å². The molecule has 3 rings (SSSR count). The number of benzene rings is 3. The van der Waals surface area contributed by atoms with Crippen LogP contribution in [0.3, 0.4) is 0 Å². The number of anilines is 1. The van der Waals surface area contributed by atoms with Gasteiger partial charge < -0.3 is 15.0 Å². The first kappa shape index (κ1) is 31.2. The molecular weight excluding hydrogens is 594 g/mol. The molecule has 0 heterocycles. The lowest BCUT2D eigenvalue weighted by Gasteiger charge is -2.32. The van der Waals surface area contributed by atoms with Gasteiger partial charge in [0.25, 0.3) is 10.0 Å². The summed E-state index contributed by atoms with van der Waals surface area (Å²) in [4.78, 5) is 28.4. The summed E-state index contributed by atoms with van der Waals surface area (Å²) in [6, 6.07) is 21.1. The molecule has 0 aliphatic rings. The van der Waals surface area contributed by atoms with E-state index in [1.165, 1.54) is 17.0 Å². The predicted octanol–water partition coefficient (Wildman–Crippen LogP) is 5.38. The number of carbonyl (C=O) groups excluding carboxylic acids is 2. The van der Waals surface area contributed by atoms with Crippen LogP contribution in [0.4, 0.5) is 5.69 Å². The molecule has 3 aromatic rings. The molecular formula is C30H36BrN3O5S. The number of ether oxygens (including phenoxy) is 1. The van der Waals surface area contributed by atoms with Gasteiger partial charge in [-0.1, -0.05) is 59.6 Å². The fourth-order valence-corrected chi connectivity index (χ4v) is 5.73. The zero-order chi connectivity index (χ0) is 29.1. The van der Waals surface area contributed by atoms with Crippen LogP contribution in [0.15, 0.2) is 88.2 Å². The normalized spacial score (nSPS) is 11.9. The molecule has 0 aliphatic heterocycles. The van der Waals surface area contributed by atoms with E-state index in [4.69, 9.17) is 4.74 Å². The summed E-state index contributed by atoms with van der Waals surface area (Å²) in [6.45, 7) is 6.16. The minimum atomic E-state index is -4.11. The molecule has 0 spiro atoms. The van der Waals surface area contributed by atoms with Crippen LogP contribution in [0.1, 0.15) is 39.2 Å². The van der Waals surface area contributed by atoms with Gasteiger partial charge in [0.1, 0.15) is 18.3 Å². The molecule has 0 aromatic heterocycles. The van der Waals surface area contributed by atoms with Gasteiger partial charge >= 0.3 is 0 Å². The molecule has 40 heavy (non-hydrogen) atoms. The van der Waals surface area contributed by atoms with Gasteiger partial charge in [0, 0.05) is 17.6 Å². The average Bonchev–Trinajstić information content (AvgIpc) is 2.96. The van der Waals surface area contributed by atoms with Crippen molar-refractivity contribution in [1.29, 1.82) is 0 Å². The summed E-state index contributed by atoms with van der Waals surface area (Å²) in [5.41, 5.74) is 1.12. The highest BCUT2D eigenvalue weighted by Gasteiger charge is 2.32. The lowest BCUT2D eigenvalue weighted by Crippen LogP contribution is -2.51. The van der Waals surface area contributed by atoms with E-state index in [-0.39, 0.29) is 17.3 Å². The maximum absolute atomic E-state index is 13.9. The predicted molar refractivity (Wildman–Crippen MR) is 161 cm³/mol. The third-order valence-electron chi connectivity index (χ3n) is 6.31. The maximum atomic E-state index is 13.9. The summed E-state index contributed by atoms with van der Waals surface area (Å²) in [6.07, 6.45) is 1.74. The molecule has 0 unspecified atom stereocenters. The fraction of sp³-hybridized carbons (Fsp3) is 0.333. The first-order valence-corrected chi connectivity index (χ1v) is 15.5. The third-order valence-corrected chi connectivity index (χ3v) is 8.63. The first-order valence-electron chi connectivity index (χ1n) is 13.3. The van der Waals surface area contributed by atoms with E-state index >= 15 is 0 Å². The van der Waals surface area contributed by atoms with Crippen molar-refractivity contribution in [2.24, 2.45) is 0 Å². The minimum absolute atomic E-state index is 0.0569. The van der Waals surface area contributed by atoms with E-state index in [9.17, 15) is 18.0 Å². The van der Waals surface area contributed by atoms with Crippen LogP contribution < -0.4 is 14.4 Å². The molecule has 0 radical (unpaired) electrons. The zero-order valence-electron chi connectivity index (χ0n) is 23.0. The highest BCUT2D eigenvalue weighted by atomic mass is 79.9. The van der Waals surface area contributed by atoms with Crippen molar-refractivity contribution in [3.8, 4) is 5.75 Å². The third kappa shape index (κ3) is 8.32. The Kier molecular flexibility index (Phi) is 11.6. The van der Waals surface area contributed by atoms with E-state index in [2.05, 4.69) is 21.2 Å². The number of rotatable bonds is 14. The van der Waals surface area contributed by atoms with Crippen LogP contribution in [0.2, 0.25) is 0 Å². The molecule has 1 atom stereocenters. The molecule has 8 nitrogen and oxygen atoms in total. The molecule has 214 valence electrons. The molecule has 0 saturated carbocycles. The standard InChI is InChI=1S/C30H36BrN3O5S/c1-4-6-20-32-30(36)23(3)33(21-24-12-14-25(31)15-13-24)29(35)22-34(26-16-18-27(19-17-26)39-5-2)40(37,38)28-10-8-7-9-11-28/h7-19,23H,4-6,20-22H2,1-3H3,(H,32,36)/t23-/m1/s1. The highest BCUT2D eigenvalue weighted by molar-refractivity contribution is 9.10. The molecule has 10 heteroatoms. The second kappa shape index (κ2) is 14.9. The van der Waals surface area contributed by atoms with Gasteiger partial charge in [0.15, 0.2) is 0 Å². The van der Waals surface area contributed by atoms with Crippen molar-refractivity contribution in [2.75, 3.05) is 24.0 Å². The van der Waals surface area contributed by atoms with Crippen LogP contribution in [0, 0.1) is 0 Å². The Morgan fingerprint density at radius 3 is 2.20 bits per heavy atom. The largest absolute Gasteiger partial charge is 0.494 e. The molecule has 2 amide bonds. The van der Waals surface area contributed by atoms with Gasteiger partial charge in [-0.15, -0.1) is 0 Å². The molecule has 0 aliphatic carbocycles. The second-order valence-corrected chi connectivity index (χ2v) is 12.0. The van der Waals surface area contributed by atoms with Gasteiger partial charge in [0.05, 0.1) is 17.2 Å². The van der Waals surface area contributed by atoms with E-state index < -0.39 is 28.5 Å². The molecule has 0 saturated heterocycles. The summed E-state index contributed by atoms with van der Waals surface area (Å²) < 4.78 is 35.1. The molecule has 3 aromatic carbocycles. The monoisotopic (exact) mass is 629 g/mol. The molecule has 0 bridgehead atoms. The smallest absolute Gasteiger partial charge is 0.264 e. The lowest BCUT2D eigenvalue weighted by molar-refractivity contribution is -0.139. The highest BCUT2D eigenvalue weighted by Crippen LogP contribution is 2.26. The van der Waals surface area contributed by atoms with Crippen molar-refractivity contribution in [3.63, 3.8) is 0 Å². The fourth-order valence-electron chi connectivity index (χ4n) is 4.03. The van der Waals surface area contributed by atoms with Gasteiger partial charge in [-0.25, -0.2) is 8.42 Å². The van der Waals surface area contributed by atoms with Crippen LogP contribution >= 0.6 is 15.9 Å². The number of carbonyl (C=O) groups is 2. The molecule has 1 N–H and O–H groups in total. The van der Waals surface area contributed by atoms with Crippen LogP contribution in [-0.2, 0) is 26.2 Å². The Morgan fingerprint density at radius 1 is 0.950 bits per heavy atom. The number of nitrogens with one attached hydrogen (secondary N) is 1.